The lowest BCUT2D eigenvalue weighted by atomic mass is 9.79. The van der Waals surface area contributed by atoms with Crippen molar-refractivity contribution in [2.45, 2.75) is 55.4 Å². The van der Waals surface area contributed by atoms with Gasteiger partial charge in [0.2, 0.25) is 10.0 Å². The molecule has 1 aliphatic carbocycles. The number of nitrogens with zero attached hydrogens (tertiary/aromatic N) is 3. The van der Waals surface area contributed by atoms with Gasteiger partial charge in [0, 0.05) is 30.2 Å². The topological polar surface area (TPSA) is 101 Å². The van der Waals surface area contributed by atoms with Crippen LogP contribution in [0, 0.1) is 5.92 Å². The third-order valence-electron chi connectivity index (χ3n) is 5.52. The molecule has 3 heterocycles. The quantitative estimate of drug-likeness (QED) is 0.681. The lowest BCUT2D eigenvalue weighted by Gasteiger charge is -2.34. The predicted octanol–water partition coefficient (Wildman–Crippen LogP) is 1.60. The van der Waals surface area contributed by atoms with E-state index in [1.807, 2.05) is 6.92 Å². The molecule has 0 aromatic carbocycles. The Morgan fingerprint density at radius 2 is 2.07 bits per heavy atom. The summed E-state index contributed by atoms with van der Waals surface area (Å²) in [6.45, 7) is 2.00. The molecule has 158 valence electrons. The molecule has 0 spiro atoms. The van der Waals surface area contributed by atoms with Crippen molar-refractivity contribution < 1.29 is 21.6 Å². The zero-order valence-corrected chi connectivity index (χ0v) is 16.3. The van der Waals surface area contributed by atoms with Crippen LogP contribution in [-0.4, -0.2) is 41.3 Å². The number of hydrogen-bond acceptors (Lipinski definition) is 6. The zero-order valence-electron chi connectivity index (χ0n) is 15.5. The molecule has 2 aromatic rings. The number of hydrazine groups is 1. The predicted molar refractivity (Wildman–Crippen MR) is 97.3 cm³/mol. The third-order valence-corrected chi connectivity index (χ3v) is 6.96. The Balaban J connectivity index is 1.56. The summed E-state index contributed by atoms with van der Waals surface area (Å²) in [5, 5.41) is 3.89. The Kier molecular flexibility index (Phi) is 5.13. The van der Waals surface area contributed by atoms with Crippen LogP contribution in [0.15, 0.2) is 35.6 Å². The molecule has 4 rings (SSSR count). The number of halogens is 3. The van der Waals surface area contributed by atoms with E-state index in [1.54, 1.807) is 0 Å². The summed E-state index contributed by atoms with van der Waals surface area (Å²) in [5.74, 6) is -0.00414. The molecule has 1 saturated heterocycles. The van der Waals surface area contributed by atoms with E-state index in [4.69, 9.17) is 0 Å². The van der Waals surface area contributed by atoms with Crippen molar-refractivity contribution in [1.29, 1.82) is 0 Å². The third kappa shape index (κ3) is 4.02. The highest BCUT2D eigenvalue weighted by Crippen LogP contribution is 2.32. The number of pyridine rings is 1. The SMILES string of the molecule is CC1NNC2CCCC(NS(=O)(=O)c3cnn(-c4cc(C(F)(F)F)ccn4)c3)C12. The number of hydrogen-bond donors (Lipinski definition) is 3. The van der Waals surface area contributed by atoms with Crippen LogP contribution < -0.4 is 15.6 Å². The first-order valence-electron chi connectivity index (χ1n) is 9.27. The minimum absolute atomic E-state index is 0.110. The van der Waals surface area contributed by atoms with Crippen molar-refractivity contribution in [2.24, 2.45) is 5.92 Å². The summed E-state index contributed by atoms with van der Waals surface area (Å²) in [7, 11) is -3.89. The second kappa shape index (κ2) is 7.35. The number of fused-ring (bicyclic) bond motifs is 1. The minimum Gasteiger partial charge on any atom is -0.254 e. The summed E-state index contributed by atoms with van der Waals surface area (Å²) < 4.78 is 68.2. The first-order valence-corrected chi connectivity index (χ1v) is 10.8. The Morgan fingerprint density at radius 1 is 1.28 bits per heavy atom. The smallest absolute Gasteiger partial charge is 0.254 e. The number of sulfonamides is 1. The molecule has 2 fully saturated rings. The summed E-state index contributed by atoms with van der Waals surface area (Å²) >= 11 is 0. The maximum Gasteiger partial charge on any atom is 0.416 e. The van der Waals surface area contributed by atoms with Crippen LogP contribution in [0.5, 0.6) is 0 Å². The molecule has 8 nitrogen and oxygen atoms in total. The first-order chi connectivity index (χ1) is 13.6. The molecule has 4 unspecified atom stereocenters. The largest absolute Gasteiger partial charge is 0.416 e. The molecule has 4 atom stereocenters. The van der Waals surface area contributed by atoms with Gasteiger partial charge in [0.25, 0.3) is 0 Å². The van der Waals surface area contributed by atoms with Crippen LogP contribution in [0.4, 0.5) is 13.2 Å². The van der Waals surface area contributed by atoms with Gasteiger partial charge in [0.15, 0.2) is 5.82 Å². The average Bonchev–Trinajstić information content (AvgIpc) is 3.30. The standard InChI is InChI=1S/C17H21F3N6O2S/c1-10-16-13(24-23-10)3-2-4-14(16)25-29(27,28)12-8-22-26(9-12)15-7-11(5-6-21-15)17(18,19)20/h5-10,13-14,16,23-25H,2-4H2,1H3. The van der Waals surface area contributed by atoms with Gasteiger partial charge in [-0.05, 0) is 31.9 Å². The van der Waals surface area contributed by atoms with Crippen LogP contribution in [-0.2, 0) is 16.2 Å². The van der Waals surface area contributed by atoms with E-state index in [9.17, 15) is 21.6 Å². The van der Waals surface area contributed by atoms with Gasteiger partial charge < -0.3 is 0 Å². The lowest BCUT2D eigenvalue weighted by molar-refractivity contribution is -0.137. The highest BCUT2D eigenvalue weighted by Gasteiger charge is 2.42. The van der Waals surface area contributed by atoms with Crippen molar-refractivity contribution in [2.75, 3.05) is 0 Å². The fraction of sp³-hybridized carbons (Fsp3) is 0.529. The van der Waals surface area contributed by atoms with Crippen LogP contribution in [0.1, 0.15) is 31.7 Å². The van der Waals surface area contributed by atoms with Gasteiger partial charge in [-0.25, -0.2) is 22.8 Å². The van der Waals surface area contributed by atoms with Crippen molar-refractivity contribution >= 4 is 10.0 Å². The maximum atomic E-state index is 12.9. The summed E-state index contributed by atoms with van der Waals surface area (Å²) in [6.07, 6.45) is 1.34. The van der Waals surface area contributed by atoms with E-state index in [2.05, 4.69) is 25.7 Å². The molecule has 1 saturated carbocycles. The van der Waals surface area contributed by atoms with Gasteiger partial charge >= 0.3 is 6.18 Å². The van der Waals surface area contributed by atoms with Crippen LogP contribution in [0.25, 0.3) is 5.82 Å². The number of nitrogens with one attached hydrogen (secondary N) is 3. The number of aromatic nitrogens is 3. The van der Waals surface area contributed by atoms with Gasteiger partial charge in [-0.15, -0.1) is 0 Å². The molecular formula is C17H21F3N6O2S. The van der Waals surface area contributed by atoms with Crippen LogP contribution in [0.2, 0.25) is 0 Å². The lowest BCUT2D eigenvalue weighted by Crippen LogP contribution is -2.49. The molecule has 1 aliphatic heterocycles. The van der Waals surface area contributed by atoms with Crippen molar-refractivity contribution in [3.8, 4) is 5.82 Å². The van der Waals surface area contributed by atoms with Crippen molar-refractivity contribution in [3.63, 3.8) is 0 Å². The molecule has 29 heavy (non-hydrogen) atoms. The van der Waals surface area contributed by atoms with E-state index in [1.165, 1.54) is 6.20 Å². The molecule has 3 N–H and O–H groups in total. The second-order valence-corrected chi connectivity index (χ2v) is 9.15. The molecule has 2 aromatic heterocycles. The normalized spacial score (nSPS) is 27.7. The maximum absolute atomic E-state index is 12.9. The Bertz CT molecular complexity index is 991. The fourth-order valence-corrected chi connectivity index (χ4v) is 5.35. The van der Waals surface area contributed by atoms with Crippen LogP contribution >= 0.6 is 0 Å². The molecule has 12 heteroatoms. The second-order valence-electron chi connectivity index (χ2n) is 7.44. The summed E-state index contributed by atoms with van der Waals surface area (Å²) in [5.41, 5.74) is 5.48. The molecule has 0 bridgehead atoms. The van der Waals surface area contributed by atoms with E-state index >= 15 is 0 Å². The number of rotatable bonds is 4. The molecular weight excluding hydrogens is 409 g/mol. The van der Waals surface area contributed by atoms with Gasteiger partial charge in [-0.2, -0.15) is 18.3 Å². The Labute approximate surface area is 165 Å². The first kappa shape index (κ1) is 20.3. The fourth-order valence-electron chi connectivity index (χ4n) is 4.12. The van der Waals surface area contributed by atoms with Gasteiger partial charge in [0.05, 0.1) is 18.0 Å². The van der Waals surface area contributed by atoms with E-state index in [0.717, 1.165) is 48.5 Å². The minimum atomic E-state index is -4.53. The molecule has 0 radical (unpaired) electrons. The van der Waals surface area contributed by atoms with E-state index < -0.39 is 21.8 Å². The monoisotopic (exact) mass is 430 g/mol. The van der Waals surface area contributed by atoms with Gasteiger partial charge in [-0.3, -0.25) is 10.9 Å². The molecule has 2 aliphatic rings. The highest BCUT2D eigenvalue weighted by atomic mass is 32.2. The number of alkyl halides is 3. The Morgan fingerprint density at radius 3 is 2.83 bits per heavy atom. The highest BCUT2D eigenvalue weighted by molar-refractivity contribution is 7.89. The Hall–Kier alpha value is -2.02. The van der Waals surface area contributed by atoms with E-state index in [0.29, 0.717) is 0 Å². The van der Waals surface area contributed by atoms with Crippen molar-refractivity contribution in [1.82, 2.24) is 30.3 Å². The molecule has 0 amide bonds. The van der Waals surface area contributed by atoms with Gasteiger partial charge in [0.1, 0.15) is 4.90 Å². The zero-order chi connectivity index (χ0) is 20.8. The average molecular weight is 430 g/mol. The van der Waals surface area contributed by atoms with Crippen LogP contribution in [0.3, 0.4) is 0 Å². The summed E-state index contributed by atoms with van der Waals surface area (Å²) in [6, 6.07) is 1.73. The summed E-state index contributed by atoms with van der Waals surface area (Å²) in [4.78, 5) is 3.74. The van der Waals surface area contributed by atoms with Gasteiger partial charge in [-0.1, -0.05) is 6.42 Å². The van der Waals surface area contributed by atoms with E-state index in [-0.39, 0.29) is 34.8 Å². The van der Waals surface area contributed by atoms with Crippen molar-refractivity contribution in [3.05, 3.63) is 36.3 Å².